The maximum atomic E-state index is 5.42. The van der Waals surface area contributed by atoms with Gasteiger partial charge in [-0.05, 0) is 12.6 Å². The topological polar surface area (TPSA) is 63.8 Å². The van der Waals surface area contributed by atoms with Crippen molar-refractivity contribution in [3.05, 3.63) is 52.7 Å². The number of likely N-dealkylation sites (N-methyl/N-ethyl adjacent to an activating group) is 1. The van der Waals surface area contributed by atoms with Gasteiger partial charge in [0.15, 0.2) is 0 Å². The average Bonchev–Trinajstić information content (AvgIpc) is 3.20. The van der Waals surface area contributed by atoms with Gasteiger partial charge in [-0.25, -0.2) is 4.98 Å². The third-order valence-electron chi connectivity index (χ3n) is 3.46. The van der Waals surface area contributed by atoms with Crippen LogP contribution in [0.4, 0.5) is 0 Å². The molecule has 0 amide bonds. The molecule has 0 radical (unpaired) electrons. The van der Waals surface area contributed by atoms with Gasteiger partial charge in [-0.1, -0.05) is 42.4 Å². The van der Waals surface area contributed by atoms with Crippen LogP contribution >= 0.6 is 11.3 Å². The molecule has 2 unspecified atom stereocenters. The van der Waals surface area contributed by atoms with Gasteiger partial charge in [-0.3, -0.25) is 0 Å². The quantitative estimate of drug-likeness (QED) is 0.783. The summed E-state index contributed by atoms with van der Waals surface area (Å²) in [5.74, 6) is 1.22. The van der Waals surface area contributed by atoms with Crippen LogP contribution in [0.1, 0.15) is 30.3 Å². The SMILES string of the molecule is CNC(c1ccccc1)C(C)c1nc(-c2cscn2)no1. The van der Waals surface area contributed by atoms with Crippen LogP contribution in [0.25, 0.3) is 11.5 Å². The molecule has 6 heteroatoms. The molecule has 1 aromatic carbocycles. The van der Waals surface area contributed by atoms with Crippen molar-refractivity contribution in [2.45, 2.75) is 18.9 Å². The second-order valence-electron chi connectivity index (χ2n) is 4.80. The van der Waals surface area contributed by atoms with Crippen LogP contribution in [0.2, 0.25) is 0 Å². The minimum atomic E-state index is 0.0669. The Kier molecular flexibility index (Phi) is 4.08. The number of hydrogen-bond donors (Lipinski definition) is 1. The third kappa shape index (κ3) is 2.86. The predicted molar refractivity (Wildman–Crippen MR) is 82.1 cm³/mol. The molecule has 5 nitrogen and oxygen atoms in total. The third-order valence-corrected chi connectivity index (χ3v) is 4.05. The summed E-state index contributed by atoms with van der Waals surface area (Å²) in [5, 5.41) is 9.25. The van der Waals surface area contributed by atoms with E-state index in [-0.39, 0.29) is 12.0 Å². The first-order valence-electron chi connectivity index (χ1n) is 6.74. The number of thiazole rings is 1. The van der Waals surface area contributed by atoms with Crippen molar-refractivity contribution < 1.29 is 4.52 Å². The fourth-order valence-corrected chi connectivity index (χ4v) is 2.89. The zero-order valence-corrected chi connectivity index (χ0v) is 12.7. The number of hydrogen-bond acceptors (Lipinski definition) is 6. The molecule has 0 aliphatic rings. The Bertz CT molecular complexity index is 681. The van der Waals surface area contributed by atoms with Crippen molar-refractivity contribution in [2.75, 3.05) is 7.05 Å². The fourth-order valence-electron chi connectivity index (χ4n) is 2.36. The fraction of sp³-hybridized carbons (Fsp3) is 0.267. The van der Waals surface area contributed by atoms with Crippen molar-refractivity contribution in [3.8, 4) is 11.5 Å². The lowest BCUT2D eigenvalue weighted by molar-refractivity contribution is 0.331. The first-order valence-corrected chi connectivity index (χ1v) is 7.68. The van der Waals surface area contributed by atoms with Gasteiger partial charge in [0.2, 0.25) is 11.7 Å². The van der Waals surface area contributed by atoms with Gasteiger partial charge in [-0.2, -0.15) is 4.98 Å². The molecule has 2 atom stereocenters. The summed E-state index contributed by atoms with van der Waals surface area (Å²) in [6, 6.07) is 10.4. The van der Waals surface area contributed by atoms with Crippen molar-refractivity contribution >= 4 is 11.3 Å². The standard InChI is InChI=1S/C15H16N4OS/c1-10(13(16-2)11-6-4-3-5-7-11)15-18-14(19-20-15)12-8-21-9-17-12/h3-10,13,16H,1-2H3. The highest BCUT2D eigenvalue weighted by Gasteiger charge is 2.24. The Morgan fingerprint density at radius 3 is 2.71 bits per heavy atom. The van der Waals surface area contributed by atoms with E-state index in [0.29, 0.717) is 11.7 Å². The van der Waals surface area contributed by atoms with Gasteiger partial charge >= 0.3 is 0 Å². The van der Waals surface area contributed by atoms with E-state index in [1.807, 2.05) is 30.6 Å². The highest BCUT2D eigenvalue weighted by Crippen LogP contribution is 2.30. The van der Waals surface area contributed by atoms with Crippen LogP contribution in [-0.2, 0) is 0 Å². The molecule has 0 spiro atoms. The van der Waals surface area contributed by atoms with Gasteiger partial charge in [0.1, 0.15) is 5.69 Å². The molecule has 0 aliphatic heterocycles. The van der Waals surface area contributed by atoms with E-state index in [9.17, 15) is 0 Å². The number of rotatable bonds is 5. The Labute approximate surface area is 127 Å². The summed E-state index contributed by atoms with van der Waals surface area (Å²) in [6.45, 7) is 2.08. The van der Waals surface area contributed by atoms with Gasteiger partial charge < -0.3 is 9.84 Å². The number of nitrogens with one attached hydrogen (secondary N) is 1. The second-order valence-corrected chi connectivity index (χ2v) is 5.51. The predicted octanol–water partition coefficient (Wildman–Crippen LogP) is 3.26. The molecule has 108 valence electrons. The lowest BCUT2D eigenvalue weighted by Gasteiger charge is -2.21. The number of aromatic nitrogens is 3. The summed E-state index contributed by atoms with van der Waals surface area (Å²) >= 11 is 1.51. The first-order chi connectivity index (χ1) is 10.3. The van der Waals surface area contributed by atoms with Crippen molar-refractivity contribution in [3.63, 3.8) is 0 Å². The molecule has 0 saturated carbocycles. The molecule has 2 heterocycles. The van der Waals surface area contributed by atoms with Gasteiger partial charge in [0.05, 0.1) is 11.4 Å². The molecule has 0 fully saturated rings. The normalized spacial score (nSPS) is 14.0. The van der Waals surface area contributed by atoms with Gasteiger partial charge in [-0.15, -0.1) is 11.3 Å². The van der Waals surface area contributed by atoms with Gasteiger partial charge in [0, 0.05) is 11.4 Å². The Balaban J connectivity index is 1.86. The molecule has 1 N–H and O–H groups in total. The largest absolute Gasteiger partial charge is 0.339 e. The van der Waals surface area contributed by atoms with Crippen LogP contribution in [0.15, 0.2) is 45.7 Å². The Morgan fingerprint density at radius 1 is 1.24 bits per heavy atom. The molecule has 3 aromatic rings. The summed E-state index contributed by atoms with van der Waals surface area (Å²) < 4.78 is 5.42. The molecule has 2 aromatic heterocycles. The highest BCUT2D eigenvalue weighted by atomic mass is 32.1. The summed E-state index contributed by atoms with van der Waals surface area (Å²) in [7, 11) is 1.94. The molecular formula is C15H16N4OS. The van der Waals surface area contributed by atoms with Crippen LogP contribution in [-0.4, -0.2) is 22.2 Å². The van der Waals surface area contributed by atoms with E-state index in [4.69, 9.17) is 4.52 Å². The molecule has 3 rings (SSSR count). The smallest absolute Gasteiger partial charge is 0.231 e. The molecule has 0 bridgehead atoms. The summed E-state index contributed by atoms with van der Waals surface area (Å²) in [4.78, 5) is 8.67. The van der Waals surface area contributed by atoms with Crippen molar-refractivity contribution in [1.82, 2.24) is 20.4 Å². The van der Waals surface area contributed by atoms with Gasteiger partial charge in [0.25, 0.3) is 0 Å². The van der Waals surface area contributed by atoms with E-state index in [1.54, 1.807) is 5.51 Å². The second kappa shape index (κ2) is 6.15. The van der Waals surface area contributed by atoms with E-state index in [2.05, 4.69) is 39.5 Å². The lowest BCUT2D eigenvalue weighted by Crippen LogP contribution is -2.22. The van der Waals surface area contributed by atoms with Crippen LogP contribution in [0, 0.1) is 0 Å². The maximum Gasteiger partial charge on any atom is 0.231 e. The molecule has 21 heavy (non-hydrogen) atoms. The lowest BCUT2D eigenvalue weighted by atomic mass is 9.94. The monoisotopic (exact) mass is 300 g/mol. The Morgan fingerprint density at radius 2 is 2.05 bits per heavy atom. The number of nitrogens with zero attached hydrogens (tertiary/aromatic N) is 3. The summed E-state index contributed by atoms with van der Waals surface area (Å²) in [5.41, 5.74) is 3.71. The van der Waals surface area contributed by atoms with Crippen molar-refractivity contribution in [2.24, 2.45) is 0 Å². The van der Waals surface area contributed by atoms with Crippen LogP contribution in [0.3, 0.4) is 0 Å². The van der Waals surface area contributed by atoms with E-state index in [0.717, 1.165) is 5.69 Å². The zero-order chi connectivity index (χ0) is 14.7. The minimum absolute atomic E-state index is 0.0669. The van der Waals surface area contributed by atoms with E-state index >= 15 is 0 Å². The average molecular weight is 300 g/mol. The van der Waals surface area contributed by atoms with Crippen LogP contribution < -0.4 is 5.32 Å². The minimum Gasteiger partial charge on any atom is -0.339 e. The Hall–Kier alpha value is -2.05. The summed E-state index contributed by atoms with van der Waals surface area (Å²) in [6.07, 6.45) is 0. The zero-order valence-electron chi connectivity index (χ0n) is 11.9. The number of benzene rings is 1. The maximum absolute atomic E-state index is 5.42. The molecule has 0 aliphatic carbocycles. The van der Waals surface area contributed by atoms with Crippen molar-refractivity contribution in [1.29, 1.82) is 0 Å². The molecular weight excluding hydrogens is 284 g/mol. The highest BCUT2D eigenvalue weighted by molar-refractivity contribution is 7.07. The van der Waals surface area contributed by atoms with E-state index < -0.39 is 0 Å². The first kappa shape index (κ1) is 13.9. The van der Waals surface area contributed by atoms with Crippen LogP contribution in [0.5, 0.6) is 0 Å². The van der Waals surface area contributed by atoms with E-state index in [1.165, 1.54) is 16.9 Å². The molecule has 0 saturated heterocycles.